The number of nitrogens with one attached hydrogen (secondary N) is 2. The van der Waals surface area contributed by atoms with Gasteiger partial charge < -0.3 is 20.4 Å². The van der Waals surface area contributed by atoms with E-state index in [4.69, 9.17) is 0 Å². The molecule has 0 atom stereocenters. The van der Waals surface area contributed by atoms with E-state index < -0.39 is 5.41 Å². The van der Waals surface area contributed by atoms with Crippen molar-refractivity contribution in [3.63, 3.8) is 0 Å². The maximum absolute atomic E-state index is 11.9. The quantitative estimate of drug-likeness (QED) is 0.363. The van der Waals surface area contributed by atoms with Crippen molar-refractivity contribution < 1.29 is 4.79 Å². The van der Waals surface area contributed by atoms with Gasteiger partial charge in [0.1, 0.15) is 5.82 Å². The third-order valence-corrected chi connectivity index (χ3v) is 5.18. The molecule has 1 aromatic heterocycles. The number of carbonyl (C=O) groups is 1. The summed E-state index contributed by atoms with van der Waals surface area (Å²) >= 11 is 1.47. The van der Waals surface area contributed by atoms with E-state index in [1.807, 2.05) is 13.8 Å². The summed E-state index contributed by atoms with van der Waals surface area (Å²) in [5.74, 6) is 1.77. The fraction of sp³-hybridized carbons (Fsp3) is 0.750. The summed E-state index contributed by atoms with van der Waals surface area (Å²) in [5, 5.41) is 7.04. The van der Waals surface area contributed by atoms with Crippen molar-refractivity contribution in [3.8, 4) is 0 Å². The number of aryl methyl sites for hydroxylation is 1. The normalized spacial score (nSPS) is 15.5. The molecule has 0 radical (unpaired) electrons. The summed E-state index contributed by atoms with van der Waals surface area (Å²) in [6.45, 7) is 9.95. The van der Waals surface area contributed by atoms with Gasteiger partial charge in [0.25, 0.3) is 0 Å². The van der Waals surface area contributed by atoms with Gasteiger partial charge in [0, 0.05) is 64.8 Å². The number of piperazine rings is 1. The molecule has 26 heavy (non-hydrogen) atoms. The minimum absolute atomic E-state index is 0. The first-order valence-electron chi connectivity index (χ1n) is 8.66. The lowest BCUT2D eigenvalue weighted by Crippen LogP contribution is -2.54. The lowest BCUT2D eigenvalue weighted by atomic mass is 9.92. The minimum atomic E-state index is -0.490. The number of carbonyl (C=O) groups excluding carboxylic acids is 1. The Bertz CT molecular complexity index is 611. The number of rotatable bonds is 5. The lowest BCUT2D eigenvalue weighted by molar-refractivity contribution is -0.128. The second-order valence-corrected chi connectivity index (χ2v) is 7.41. The second-order valence-electron chi connectivity index (χ2n) is 6.68. The number of guanidine groups is 1. The van der Waals surface area contributed by atoms with Crippen LogP contribution in [-0.2, 0) is 11.2 Å². The molecule has 0 aliphatic carbocycles. The molecule has 1 aliphatic heterocycles. The van der Waals surface area contributed by atoms with E-state index in [0.29, 0.717) is 6.54 Å². The number of halogens is 1. The Kier molecular flexibility index (Phi) is 9.01. The van der Waals surface area contributed by atoms with Gasteiger partial charge in [-0.15, -0.1) is 24.0 Å². The monoisotopic (exact) mass is 495 g/mol. The zero-order valence-electron chi connectivity index (χ0n) is 16.2. The van der Waals surface area contributed by atoms with Gasteiger partial charge in [-0.1, -0.05) is 6.92 Å². The van der Waals surface area contributed by atoms with E-state index in [2.05, 4.69) is 41.7 Å². The summed E-state index contributed by atoms with van der Waals surface area (Å²) in [4.78, 5) is 25.3. The van der Waals surface area contributed by atoms with Crippen LogP contribution in [0.2, 0.25) is 0 Å². The minimum Gasteiger partial charge on any atom is -0.359 e. The van der Waals surface area contributed by atoms with Gasteiger partial charge >= 0.3 is 0 Å². The van der Waals surface area contributed by atoms with Gasteiger partial charge in [0.2, 0.25) is 11.0 Å². The number of nitrogens with zero attached hydrogens (tertiary/aromatic N) is 5. The highest BCUT2D eigenvalue weighted by Crippen LogP contribution is 2.19. The third kappa shape index (κ3) is 5.66. The largest absolute Gasteiger partial charge is 0.359 e. The van der Waals surface area contributed by atoms with Crippen molar-refractivity contribution >= 4 is 52.5 Å². The Balaban J connectivity index is 0.00000338. The van der Waals surface area contributed by atoms with E-state index in [0.717, 1.165) is 49.5 Å². The van der Waals surface area contributed by atoms with Crippen LogP contribution in [0, 0.1) is 5.41 Å². The molecule has 2 heterocycles. The zero-order valence-corrected chi connectivity index (χ0v) is 19.4. The highest BCUT2D eigenvalue weighted by molar-refractivity contribution is 14.0. The highest BCUT2D eigenvalue weighted by Gasteiger charge is 2.28. The molecule has 0 unspecified atom stereocenters. The van der Waals surface area contributed by atoms with Crippen LogP contribution >= 0.6 is 35.5 Å². The number of hydrogen-bond donors (Lipinski definition) is 2. The third-order valence-electron chi connectivity index (χ3n) is 4.37. The second kappa shape index (κ2) is 10.2. The average Bonchev–Trinajstić information content (AvgIpc) is 3.11. The first kappa shape index (κ1) is 22.9. The van der Waals surface area contributed by atoms with Crippen molar-refractivity contribution in [1.82, 2.24) is 24.9 Å². The molecule has 0 spiro atoms. The van der Waals surface area contributed by atoms with Gasteiger partial charge in [-0.05, 0) is 13.8 Å². The summed E-state index contributed by atoms with van der Waals surface area (Å²) in [5.41, 5.74) is -0.490. The molecule has 0 aromatic carbocycles. The Labute approximate surface area is 177 Å². The zero-order chi connectivity index (χ0) is 18.4. The van der Waals surface area contributed by atoms with Crippen LogP contribution in [0.5, 0.6) is 0 Å². The molecule has 1 aliphatic rings. The SMILES string of the molecule is CCc1nsc(N2CCN(C(=NC)NCC(C)(C)C(=O)NC)CC2)n1.I. The highest BCUT2D eigenvalue weighted by atomic mass is 127. The fourth-order valence-corrected chi connectivity index (χ4v) is 3.48. The summed E-state index contributed by atoms with van der Waals surface area (Å²) in [6, 6.07) is 0. The molecular weight excluding hydrogens is 465 g/mol. The summed E-state index contributed by atoms with van der Waals surface area (Å²) in [6.07, 6.45) is 0.869. The van der Waals surface area contributed by atoms with Crippen molar-refractivity contribution in [2.24, 2.45) is 10.4 Å². The maximum Gasteiger partial charge on any atom is 0.227 e. The van der Waals surface area contributed by atoms with Crippen LogP contribution in [0.25, 0.3) is 0 Å². The Morgan fingerprint density at radius 3 is 2.46 bits per heavy atom. The predicted octanol–water partition coefficient (Wildman–Crippen LogP) is 1.19. The van der Waals surface area contributed by atoms with Gasteiger partial charge in [-0.25, -0.2) is 4.98 Å². The Hall–Kier alpha value is -1.17. The van der Waals surface area contributed by atoms with Crippen LogP contribution in [0.3, 0.4) is 0 Å². The molecule has 0 saturated carbocycles. The Morgan fingerprint density at radius 2 is 1.96 bits per heavy atom. The molecule has 0 bridgehead atoms. The van der Waals surface area contributed by atoms with E-state index in [9.17, 15) is 4.79 Å². The van der Waals surface area contributed by atoms with E-state index in [1.165, 1.54) is 11.5 Å². The van der Waals surface area contributed by atoms with Crippen LogP contribution in [0.1, 0.15) is 26.6 Å². The van der Waals surface area contributed by atoms with Crippen molar-refractivity contribution in [1.29, 1.82) is 0 Å². The molecule has 10 heteroatoms. The lowest BCUT2D eigenvalue weighted by Gasteiger charge is -2.37. The number of anilines is 1. The average molecular weight is 495 g/mol. The van der Waals surface area contributed by atoms with Crippen LogP contribution in [-0.4, -0.2) is 72.9 Å². The molecule has 148 valence electrons. The maximum atomic E-state index is 11.9. The molecule has 1 fully saturated rings. The van der Waals surface area contributed by atoms with Crippen LogP contribution in [0.4, 0.5) is 5.13 Å². The number of amides is 1. The molecule has 2 rings (SSSR count). The topological polar surface area (TPSA) is 85.8 Å². The van der Waals surface area contributed by atoms with Gasteiger partial charge in [0.15, 0.2) is 5.96 Å². The van der Waals surface area contributed by atoms with Gasteiger partial charge in [-0.3, -0.25) is 9.79 Å². The summed E-state index contributed by atoms with van der Waals surface area (Å²) < 4.78 is 4.36. The number of aliphatic imine (C=N–C) groups is 1. The smallest absolute Gasteiger partial charge is 0.227 e. The van der Waals surface area contributed by atoms with E-state index in [1.54, 1.807) is 14.1 Å². The van der Waals surface area contributed by atoms with Gasteiger partial charge in [-0.2, -0.15) is 4.37 Å². The fourth-order valence-electron chi connectivity index (χ4n) is 2.68. The van der Waals surface area contributed by atoms with E-state index >= 15 is 0 Å². The van der Waals surface area contributed by atoms with Gasteiger partial charge in [0.05, 0.1) is 5.41 Å². The molecule has 8 nitrogen and oxygen atoms in total. The predicted molar refractivity (Wildman–Crippen MR) is 118 cm³/mol. The molecule has 1 amide bonds. The molecule has 1 saturated heterocycles. The first-order valence-corrected chi connectivity index (χ1v) is 9.44. The first-order chi connectivity index (χ1) is 11.9. The molecule has 1 aromatic rings. The molecule has 2 N–H and O–H groups in total. The summed E-state index contributed by atoms with van der Waals surface area (Å²) in [7, 11) is 3.44. The van der Waals surface area contributed by atoms with Crippen LogP contribution < -0.4 is 15.5 Å². The standard InChI is InChI=1S/C16H29N7OS.HI/c1-6-12-20-15(25-21-12)23-9-7-22(8-10-23)14(18-5)19-11-16(2,3)13(24)17-4;/h6-11H2,1-5H3,(H,17,24)(H,18,19);1H. The Morgan fingerprint density at radius 1 is 1.31 bits per heavy atom. The van der Waals surface area contributed by atoms with Crippen molar-refractivity contribution in [2.45, 2.75) is 27.2 Å². The van der Waals surface area contributed by atoms with E-state index in [-0.39, 0.29) is 29.9 Å². The number of hydrogen-bond acceptors (Lipinski definition) is 6. The molecular formula is C16H30IN7OS. The van der Waals surface area contributed by atoms with Crippen molar-refractivity contribution in [3.05, 3.63) is 5.82 Å². The van der Waals surface area contributed by atoms with Crippen molar-refractivity contribution in [2.75, 3.05) is 51.7 Å². The van der Waals surface area contributed by atoms with Crippen LogP contribution in [0.15, 0.2) is 4.99 Å². The number of aromatic nitrogens is 2.